The van der Waals surface area contributed by atoms with E-state index in [1.807, 2.05) is 13.8 Å². The summed E-state index contributed by atoms with van der Waals surface area (Å²) in [6, 6.07) is 0. The van der Waals surface area contributed by atoms with Crippen LogP contribution in [0.25, 0.3) is 0 Å². The van der Waals surface area contributed by atoms with Crippen molar-refractivity contribution in [1.29, 1.82) is 0 Å². The highest BCUT2D eigenvalue weighted by Crippen LogP contribution is 2.48. The first-order chi connectivity index (χ1) is 10.8. The van der Waals surface area contributed by atoms with Crippen LogP contribution in [0.15, 0.2) is 22.8 Å². The number of rotatable bonds is 1. The molecule has 1 heterocycles. The Morgan fingerprint density at radius 2 is 2.00 bits per heavy atom. The van der Waals surface area contributed by atoms with Gasteiger partial charge in [0, 0.05) is 23.8 Å². The molecule has 23 heavy (non-hydrogen) atoms. The normalized spacial score (nSPS) is 36.0. The molecule has 0 saturated carbocycles. The number of carbonyl (C=O) groups is 3. The van der Waals surface area contributed by atoms with Crippen molar-refractivity contribution < 1.29 is 28.6 Å². The lowest BCUT2D eigenvalue weighted by Gasteiger charge is -2.28. The minimum Gasteiger partial charge on any atom is -0.461 e. The van der Waals surface area contributed by atoms with Crippen LogP contribution in [0.2, 0.25) is 0 Å². The van der Waals surface area contributed by atoms with Gasteiger partial charge >= 0.3 is 12.1 Å². The Bertz CT molecular complexity index is 643. The van der Waals surface area contributed by atoms with Gasteiger partial charge in [-0.15, -0.1) is 0 Å². The predicted octanol–water partition coefficient (Wildman–Crippen LogP) is 2.18. The topological polar surface area (TPSA) is 78.9 Å². The first-order valence-electron chi connectivity index (χ1n) is 7.72. The standard InChI is InChI=1S/C17H20O6/c1-7-5-10(18)12-8(2)6-11(22-17(20)21-4)14-9(3)16(19)23-15(14)13(7)12/h5,9,11,13-15H,6H2,1-4H3/t9-,11-,13+,14+,15+/m1/s1. The van der Waals surface area contributed by atoms with Gasteiger partial charge < -0.3 is 14.2 Å². The summed E-state index contributed by atoms with van der Waals surface area (Å²) in [4.78, 5) is 36.0. The zero-order chi connectivity index (χ0) is 16.9. The summed E-state index contributed by atoms with van der Waals surface area (Å²) in [5.74, 6) is -1.30. The van der Waals surface area contributed by atoms with Crippen molar-refractivity contribution in [3.05, 3.63) is 22.8 Å². The van der Waals surface area contributed by atoms with Gasteiger partial charge in [0.05, 0.1) is 13.0 Å². The molecule has 1 aliphatic heterocycles. The van der Waals surface area contributed by atoms with E-state index >= 15 is 0 Å². The molecule has 0 unspecified atom stereocenters. The van der Waals surface area contributed by atoms with Crippen LogP contribution in [0.1, 0.15) is 27.2 Å². The van der Waals surface area contributed by atoms with Crippen LogP contribution in [0.4, 0.5) is 4.79 Å². The predicted molar refractivity (Wildman–Crippen MR) is 79.4 cm³/mol. The Hall–Kier alpha value is -2.11. The summed E-state index contributed by atoms with van der Waals surface area (Å²) in [7, 11) is 1.24. The van der Waals surface area contributed by atoms with Gasteiger partial charge in [0.15, 0.2) is 5.78 Å². The molecule has 0 aromatic heterocycles. The smallest absolute Gasteiger partial charge is 0.461 e. The third kappa shape index (κ3) is 2.36. The number of esters is 1. The Labute approximate surface area is 134 Å². The van der Waals surface area contributed by atoms with Crippen molar-refractivity contribution >= 4 is 17.9 Å². The molecule has 1 saturated heterocycles. The van der Waals surface area contributed by atoms with Crippen molar-refractivity contribution in [2.45, 2.75) is 39.4 Å². The summed E-state index contributed by atoms with van der Waals surface area (Å²) >= 11 is 0. The van der Waals surface area contributed by atoms with Gasteiger partial charge in [0.1, 0.15) is 12.2 Å². The minimum atomic E-state index is -0.788. The molecule has 0 radical (unpaired) electrons. The first kappa shape index (κ1) is 15.8. The van der Waals surface area contributed by atoms with Crippen molar-refractivity contribution in [2.75, 3.05) is 7.11 Å². The summed E-state index contributed by atoms with van der Waals surface area (Å²) < 4.78 is 15.6. The lowest BCUT2D eigenvalue weighted by Crippen LogP contribution is -2.37. The first-order valence-corrected chi connectivity index (χ1v) is 7.72. The Morgan fingerprint density at radius 1 is 1.30 bits per heavy atom. The molecule has 124 valence electrons. The highest BCUT2D eigenvalue weighted by Gasteiger charge is 2.55. The van der Waals surface area contributed by atoms with Crippen LogP contribution in [-0.2, 0) is 23.8 Å². The van der Waals surface area contributed by atoms with Gasteiger partial charge in [-0.2, -0.15) is 0 Å². The van der Waals surface area contributed by atoms with Crippen LogP contribution in [0, 0.1) is 17.8 Å². The van der Waals surface area contributed by atoms with Crippen LogP contribution < -0.4 is 0 Å². The third-order valence-corrected chi connectivity index (χ3v) is 5.15. The maximum Gasteiger partial charge on any atom is 0.508 e. The van der Waals surface area contributed by atoms with E-state index in [4.69, 9.17) is 9.47 Å². The summed E-state index contributed by atoms with van der Waals surface area (Å²) in [6.45, 7) is 5.52. The van der Waals surface area contributed by atoms with E-state index in [0.717, 1.165) is 11.1 Å². The number of fused-ring (bicyclic) bond motifs is 3. The Kier molecular flexibility index (Phi) is 3.78. The highest BCUT2D eigenvalue weighted by molar-refractivity contribution is 6.09. The zero-order valence-electron chi connectivity index (χ0n) is 13.6. The monoisotopic (exact) mass is 320 g/mol. The third-order valence-electron chi connectivity index (χ3n) is 5.15. The maximum atomic E-state index is 12.3. The van der Waals surface area contributed by atoms with E-state index in [0.29, 0.717) is 12.0 Å². The quantitative estimate of drug-likeness (QED) is 0.689. The number of carbonyl (C=O) groups excluding carboxylic acids is 3. The van der Waals surface area contributed by atoms with E-state index in [-0.39, 0.29) is 23.6 Å². The van der Waals surface area contributed by atoms with E-state index in [1.165, 1.54) is 7.11 Å². The average molecular weight is 320 g/mol. The molecule has 6 heteroatoms. The average Bonchev–Trinajstić information content (AvgIpc) is 2.89. The Balaban J connectivity index is 2.05. The van der Waals surface area contributed by atoms with Gasteiger partial charge in [0.2, 0.25) is 0 Å². The fraction of sp³-hybridized carbons (Fsp3) is 0.588. The second-order valence-electron chi connectivity index (χ2n) is 6.51. The minimum absolute atomic E-state index is 0.0435. The second-order valence-corrected chi connectivity index (χ2v) is 6.51. The van der Waals surface area contributed by atoms with Gasteiger partial charge in [-0.1, -0.05) is 18.1 Å². The summed E-state index contributed by atoms with van der Waals surface area (Å²) in [6.07, 6.45) is 0.188. The summed E-state index contributed by atoms with van der Waals surface area (Å²) in [5.41, 5.74) is 2.44. The second kappa shape index (κ2) is 5.51. The van der Waals surface area contributed by atoms with Gasteiger partial charge in [-0.3, -0.25) is 9.59 Å². The van der Waals surface area contributed by atoms with E-state index in [1.54, 1.807) is 13.0 Å². The number of ether oxygens (including phenoxy) is 3. The van der Waals surface area contributed by atoms with E-state index in [2.05, 4.69) is 4.74 Å². The van der Waals surface area contributed by atoms with E-state index < -0.39 is 24.3 Å². The largest absolute Gasteiger partial charge is 0.508 e. The van der Waals surface area contributed by atoms with Crippen molar-refractivity contribution in [1.82, 2.24) is 0 Å². The molecule has 0 spiro atoms. The molecule has 2 aliphatic carbocycles. The lowest BCUT2D eigenvalue weighted by atomic mass is 9.79. The number of hydrogen-bond acceptors (Lipinski definition) is 6. The lowest BCUT2D eigenvalue weighted by molar-refractivity contribution is -0.144. The molecule has 0 bridgehead atoms. The summed E-state index contributed by atoms with van der Waals surface area (Å²) in [5, 5.41) is 0. The van der Waals surface area contributed by atoms with Gasteiger partial charge in [-0.25, -0.2) is 4.79 Å². The van der Waals surface area contributed by atoms with Crippen LogP contribution in [0.5, 0.6) is 0 Å². The molecule has 0 aromatic rings. The van der Waals surface area contributed by atoms with Crippen molar-refractivity contribution in [3.63, 3.8) is 0 Å². The fourth-order valence-corrected chi connectivity index (χ4v) is 4.08. The number of methoxy groups -OCH3 is 1. The molecule has 3 rings (SSSR count). The number of hydrogen-bond donors (Lipinski definition) is 0. The SMILES string of the molecule is COC(=O)O[C@@H]1CC(C)=C2C(=O)C=C(C)[C@@H]2[C@@H]2OC(=O)[C@H](C)[C@H]21. The van der Waals surface area contributed by atoms with E-state index in [9.17, 15) is 14.4 Å². The number of ketones is 1. The van der Waals surface area contributed by atoms with Crippen LogP contribution in [-0.4, -0.2) is 37.2 Å². The Morgan fingerprint density at radius 3 is 2.65 bits per heavy atom. The molecular formula is C17H20O6. The molecular weight excluding hydrogens is 300 g/mol. The highest BCUT2D eigenvalue weighted by atomic mass is 16.7. The maximum absolute atomic E-state index is 12.3. The molecule has 6 nitrogen and oxygen atoms in total. The van der Waals surface area contributed by atoms with Crippen LogP contribution in [0.3, 0.4) is 0 Å². The van der Waals surface area contributed by atoms with Gasteiger partial charge in [0.25, 0.3) is 0 Å². The van der Waals surface area contributed by atoms with Gasteiger partial charge in [-0.05, 0) is 19.9 Å². The molecule has 1 fully saturated rings. The zero-order valence-corrected chi connectivity index (χ0v) is 13.6. The molecule has 0 amide bonds. The molecule has 0 N–H and O–H groups in total. The van der Waals surface area contributed by atoms with Crippen molar-refractivity contribution in [3.8, 4) is 0 Å². The molecule has 0 aromatic carbocycles. The molecule has 5 atom stereocenters. The molecule has 3 aliphatic rings. The fourth-order valence-electron chi connectivity index (χ4n) is 4.08. The van der Waals surface area contributed by atoms with Crippen molar-refractivity contribution in [2.24, 2.45) is 17.8 Å². The van der Waals surface area contributed by atoms with Crippen LogP contribution >= 0.6 is 0 Å². The number of allylic oxidation sites excluding steroid dienone is 1.